The highest BCUT2D eigenvalue weighted by Crippen LogP contribution is 2.20. The molecule has 0 unspecified atom stereocenters. The first-order valence-corrected chi connectivity index (χ1v) is 8.77. The van der Waals surface area contributed by atoms with Crippen molar-refractivity contribution in [3.63, 3.8) is 0 Å². The van der Waals surface area contributed by atoms with Crippen molar-refractivity contribution in [2.24, 2.45) is 5.92 Å². The van der Waals surface area contributed by atoms with Gasteiger partial charge in [0, 0.05) is 24.5 Å². The Morgan fingerprint density at radius 2 is 2.05 bits per heavy atom. The molecule has 21 heavy (non-hydrogen) atoms. The van der Waals surface area contributed by atoms with Gasteiger partial charge in [0.1, 0.15) is 0 Å². The Bertz CT molecular complexity index is 509. The third kappa shape index (κ3) is 4.67. The molecule has 1 aromatic heterocycles. The zero-order valence-electron chi connectivity index (χ0n) is 12.5. The van der Waals surface area contributed by atoms with Crippen LogP contribution >= 0.6 is 11.3 Å². The van der Waals surface area contributed by atoms with E-state index in [4.69, 9.17) is 0 Å². The molecular weight excluding hydrogens is 276 g/mol. The number of benzene rings is 1. The van der Waals surface area contributed by atoms with Gasteiger partial charge in [0.25, 0.3) is 0 Å². The smallest absolute Gasteiger partial charge is 0.0328 e. The first-order valence-electron chi connectivity index (χ1n) is 7.89. The SMILES string of the molecule is c1ccc(CNC[C@@H]2CCCN(Cc3cccs3)C2)cc1. The first-order chi connectivity index (χ1) is 10.4. The van der Waals surface area contributed by atoms with Gasteiger partial charge in [0.05, 0.1) is 0 Å². The fraction of sp³-hybridized carbons (Fsp3) is 0.444. The summed E-state index contributed by atoms with van der Waals surface area (Å²) in [7, 11) is 0. The van der Waals surface area contributed by atoms with E-state index in [9.17, 15) is 0 Å². The van der Waals surface area contributed by atoms with Gasteiger partial charge in [0.15, 0.2) is 0 Å². The van der Waals surface area contributed by atoms with Crippen molar-refractivity contribution in [1.82, 2.24) is 10.2 Å². The fourth-order valence-electron chi connectivity index (χ4n) is 3.10. The second-order valence-electron chi connectivity index (χ2n) is 5.94. The lowest BCUT2D eigenvalue weighted by molar-refractivity contribution is 0.166. The van der Waals surface area contributed by atoms with E-state index in [-0.39, 0.29) is 0 Å². The molecule has 1 fully saturated rings. The van der Waals surface area contributed by atoms with Crippen molar-refractivity contribution in [2.75, 3.05) is 19.6 Å². The Hall–Kier alpha value is -1.16. The number of hydrogen-bond acceptors (Lipinski definition) is 3. The number of piperidine rings is 1. The highest BCUT2D eigenvalue weighted by Gasteiger charge is 2.19. The van der Waals surface area contributed by atoms with Crippen LogP contribution in [0.2, 0.25) is 0 Å². The van der Waals surface area contributed by atoms with E-state index in [1.807, 2.05) is 11.3 Å². The van der Waals surface area contributed by atoms with Crippen molar-refractivity contribution < 1.29 is 0 Å². The molecule has 1 aliphatic rings. The molecule has 0 amide bonds. The zero-order valence-corrected chi connectivity index (χ0v) is 13.3. The summed E-state index contributed by atoms with van der Waals surface area (Å²) < 4.78 is 0. The molecule has 0 spiro atoms. The normalized spacial score (nSPS) is 19.7. The molecule has 2 heterocycles. The summed E-state index contributed by atoms with van der Waals surface area (Å²) in [6.07, 6.45) is 2.70. The van der Waals surface area contributed by atoms with Gasteiger partial charge in [-0.2, -0.15) is 0 Å². The molecule has 2 aromatic rings. The van der Waals surface area contributed by atoms with E-state index >= 15 is 0 Å². The fourth-order valence-corrected chi connectivity index (χ4v) is 3.85. The lowest BCUT2D eigenvalue weighted by atomic mass is 9.98. The highest BCUT2D eigenvalue weighted by atomic mass is 32.1. The van der Waals surface area contributed by atoms with Crippen LogP contribution in [-0.4, -0.2) is 24.5 Å². The average Bonchev–Trinajstić information content (AvgIpc) is 3.02. The molecule has 1 N–H and O–H groups in total. The van der Waals surface area contributed by atoms with Crippen LogP contribution in [0.1, 0.15) is 23.3 Å². The van der Waals surface area contributed by atoms with Crippen molar-refractivity contribution in [3.05, 3.63) is 58.3 Å². The van der Waals surface area contributed by atoms with Crippen LogP contribution < -0.4 is 5.32 Å². The quantitative estimate of drug-likeness (QED) is 0.874. The molecule has 1 aliphatic heterocycles. The molecule has 1 atom stereocenters. The number of rotatable bonds is 6. The maximum Gasteiger partial charge on any atom is 0.0328 e. The van der Waals surface area contributed by atoms with E-state index in [1.54, 1.807) is 0 Å². The molecule has 0 bridgehead atoms. The third-order valence-electron chi connectivity index (χ3n) is 4.17. The minimum atomic E-state index is 0.794. The predicted molar refractivity (Wildman–Crippen MR) is 90.5 cm³/mol. The van der Waals surface area contributed by atoms with E-state index in [2.05, 4.69) is 58.1 Å². The minimum Gasteiger partial charge on any atom is -0.312 e. The number of thiophene rings is 1. The van der Waals surface area contributed by atoms with Crippen LogP contribution in [0.5, 0.6) is 0 Å². The van der Waals surface area contributed by atoms with Crippen molar-refractivity contribution >= 4 is 11.3 Å². The second-order valence-corrected chi connectivity index (χ2v) is 6.97. The molecule has 0 saturated carbocycles. The highest BCUT2D eigenvalue weighted by molar-refractivity contribution is 7.09. The lowest BCUT2D eigenvalue weighted by Gasteiger charge is -2.32. The molecule has 0 aliphatic carbocycles. The van der Waals surface area contributed by atoms with Gasteiger partial charge in [-0.3, -0.25) is 4.90 Å². The summed E-state index contributed by atoms with van der Waals surface area (Å²) in [6, 6.07) is 15.1. The van der Waals surface area contributed by atoms with E-state index in [0.717, 1.165) is 25.6 Å². The van der Waals surface area contributed by atoms with Crippen molar-refractivity contribution in [3.8, 4) is 0 Å². The minimum absolute atomic E-state index is 0.794. The molecule has 2 nitrogen and oxygen atoms in total. The Kier molecular flexibility index (Phi) is 5.44. The Labute approximate surface area is 131 Å². The number of likely N-dealkylation sites (tertiary alicyclic amines) is 1. The van der Waals surface area contributed by atoms with Crippen LogP contribution in [0.3, 0.4) is 0 Å². The summed E-state index contributed by atoms with van der Waals surface area (Å²) in [4.78, 5) is 4.11. The molecule has 1 aromatic carbocycles. The van der Waals surface area contributed by atoms with Crippen LogP contribution in [0.4, 0.5) is 0 Å². The lowest BCUT2D eigenvalue weighted by Crippen LogP contribution is -2.38. The van der Waals surface area contributed by atoms with Crippen molar-refractivity contribution in [2.45, 2.75) is 25.9 Å². The zero-order chi connectivity index (χ0) is 14.3. The Morgan fingerprint density at radius 1 is 1.14 bits per heavy atom. The molecule has 3 rings (SSSR count). The molecule has 112 valence electrons. The molecular formula is C18H24N2S. The second kappa shape index (κ2) is 7.74. The maximum absolute atomic E-state index is 3.63. The summed E-state index contributed by atoms with van der Waals surface area (Å²) >= 11 is 1.88. The number of hydrogen-bond donors (Lipinski definition) is 1. The van der Waals surface area contributed by atoms with Gasteiger partial charge in [-0.1, -0.05) is 36.4 Å². The molecule has 1 saturated heterocycles. The van der Waals surface area contributed by atoms with Crippen LogP contribution in [0.15, 0.2) is 47.8 Å². The summed E-state index contributed by atoms with van der Waals surface area (Å²) in [5.74, 6) is 0.794. The number of nitrogens with zero attached hydrogens (tertiary/aromatic N) is 1. The largest absolute Gasteiger partial charge is 0.312 e. The van der Waals surface area contributed by atoms with Crippen LogP contribution in [-0.2, 0) is 13.1 Å². The van der Waals surface area contributed by atoms with Crippen LogP contribution in [0, 0.1) is 5.92 Å². The first kappa shape index (κ1) is 14.8. The van der Waals surface area contributed by atoms with Gasteiger partial charge in [0.2, 0.25) is 0 Å². The number of nitrogens with one attached hydrogen (secondary N) is 1. The maximum atomic E-state index is 3.63. The standard InChI is InChI=1S/C18H24N2S/c1-2-6-16(7-3-1)12-19-13-17-8-4-10-20(14-17)15-18-9-5-11-21-18/h1-3,5-7,9,11,17,19H,4,8,10,12-15H2/t17-/m0/s1. The van der Waals surface area contributed by atoms with Crippen molar-refractivity contribution in [1.29, 1.82) is 0 Å². The van der Waals surface area contributed by atoms with Crippen LogP contribution in [0.25, 0.3) is 0 Å². The Morgan fingerprint density at radius 3 is 2.86 bits per heavy atom. The van der Waals surface area contributed by atoms with E-state index < -0.39 is 0 Å². The summed E-state index contributed by atoms with van der Waals surface area (Å²) in [5.41, 5.74) is 1.38. The van der Waals surface area contributed by atoms with E-state index in [1.165, 1.54) is 36.4 Å². The summed E-state index contributed by atoms with van der Waals surface area (Å²) in [5, 5.41) is 5.81. The van der Waals surface area contributed by atoms with Gasteiger partial charge in [-0.15, -0.1) is 11.3 Å². The third-order valence-corrected chi connectivity index (χ3v) is 5.03. The Balaban J connectivity index is 1.41. The van der Waals surface area contributed by atoms with Gasteiger partial charge in [-0.25, -0.2) is 0 Å². The monoisotopic (exact) mass is 300 g/mol. The topological polar surface area (TPSA) is 15.3 Å². The van der Waals surface area contributed by atoms with E-state index in [0.29, 0.717) is 0 Å². The summed E-state index contributed by atoms with van der Waals surface area (Å²) in [6.45, 7) is 5.75. The average molecular weight is 300 g/mol. The van der Waals surface area contributed by atoms with Gasteiger partial charge in [-0.05, 0) is 48.9 Å². The van der Waals surface area contributed by atoms with Gasteiger partial charge >= 0.3 is 0 Å². The predicted octanol–water partition coefficient (Wildman–Crippen LogP) is 3.75. The molecule has 3 heteroatoms. The molecule has 0 radical (unpaired) electrons. The van der Waals surface area contributed by atoms with Gasteiger partial charge < -0.3 is 5.32 Å².